The molecule has 2 aliphatic rings. The molecule has 1 aromatic rings. The minimum atomic E-state index is -0.840. The molecule has 2 aliphatic heterocycles. The maximum Gasteiger partial charge on any atom is 0.260 e. The van der Waals surface area contributed by atoms with Crippen LogP contribution >= 0.6 is 0 Å². The first kappa shape index (κ1) is 18.0. The van der Waals surface area contributed by atoms with Crippen molar-refractivity contribution in [2.24, 2.45) is 0 Å². The van der Waals surface area contributed by atoms with E-state index in [1.165, 1.54) is 0 Å². The van der Waals surface area contributed by atoms with E-state index in [9.17, 15) is 9.90 Å². The number of hydrogen-bond donors (Lipinski definition) is 1. The molecule has 0 unspecified atom stereocenters. The van der Waals surface area contributed by atoms with E-state index in [0.717, 1.165) is 18.8 Å². The Bertz CT molecular complexity index is 573. The van der Waals surface area contributed by atoms with Crippen molar-refractivity contribution in [1.29, 1.82) is 0 Å². The summed E-state index contributed by atoms with van der Waals surface area (Å²) in [5, 5.41) is 10.8. The van der Waals surface area contributed by atoms with Crippen molar-refractivity contribution in [2.75, 3.05) is 59.7 Å². The average Bonchev–Trinajstić information content (AvgIpc) is 3.03. The van der Waals surface area contributed by atoms with Crippen LogP contribution in [0, 0.1) is 0 Å². The molecule has 0 spiro atoms. The molecule has 7 nitrogen and oxygen atoms in total. The molecule has 0 aliphatic carbocycles. The number of ether oxygens (including phenoxy) is 3. The van der Waals surface area contributed by atoms with E-state index in [-0.39, 0.29) is 12.5 Å². The lowest BCUT2D eigenvalue weighted by Gasteiger charge is -2.33. The van der Waals surface area contributed by atoms with Crippen LogP contribution in [0.4, 0.5) is 0 Å². The average molecular weight is 350 g/mol. The van der Waals surface area contributed by atoms with E-state index in [1.54, 1.807) is 36.3 Å². The van der Waals surface area contributed by atoms with Gasteiger partial charge in [0.15, 0.2) is 6.61 Å². The largest absolute Gasteiger partial charge is 0.497 e. The number of hydrogen-bond acceptors (Lipinski definition) is 6. The second kappa shape index (κ2) is 8.03. The molecular weight excluding hydrogens is 324 g/mol. The molecule has 0 saturated carbocycles. The minimum absolute atomic E-state index is 0.0278. The molecule has 7 heteroatoms. The van der Waals surface area contributed by atoms with Gasteiger partial charge in [0.05, 0.1) is 32.5 Å². The van der Waals surface area contributed by atoms with Gasteiger partial charge in [-0.25, -0.2) is 0 Å². The Hall–Kier alpha value is -1.83. The van der Waals surface area contributed by atoms with Crippen molar-refractivity contribution in [2.45, 2.75) is 12.0 Å². The molecule has 2 saturated heterocycles. The third kappa shape index (κ3) is 4.84. The molecule has 0 radical (unpaired) electrons. The lowest BCUT2D eigenvalue weighted by atomic mass is 10.0. The molecule has 2 fully saturated rings. The van der Waals surface area contributed by atoms with Gasteiger partial charge in [0, 0.05) is 26.2 Å². The van der Waals surface area contributed by atoms with Crippen molar-refractivity contribution < 1.29 is 24.1 Å². The van der Waals surface area contributed by atoms with E-state index in [4.69, 9.17) is 14.2 Å². The summed E-state index contributed by atoms with van der Waals surface area (Å²) in [5.41, 5.74) is -0.840. The van der Waals surface area contributed by atoms with Crippen LogP contribution < -0.4 is 9.47 Å². The zero-order valence-electron chi connectivity index (χ0n) is 14.6. The van der Waals surface area contributed by atoms with Crippen LogP contribution in [-0.4, -0.2) is 86.1 Å². The van der Waals surface area contributed by atoms with E-state index < -0.39 is 5.60 Å². The van der Waals surface area contributed by atoms with Crippen LogP contribution in [0.3, 0.4) is 0 Å². The summed E-state index contributed by atoms with van der Waals surface area (Å²) in [7, 11) is 1.60. The fourth-order valence-corrected chi connectivity index (χ4v) is 3.28. The number of carbonyl (C=O) groups is 1. The Kier molecular flexibility index (Phi) is 5.78. The van der Waals surface area contributed by atoms with E-state index in [1.807, 2.05) is 0 Å². The molecule has 1 N–H and O–H groups in total. The van der Waals surface area contributed by atoms with Gasteiger partial charge in [-0.05, 0) is 30.7 Å². The first-order valence-corrected chi connectivity index (χ1v) is 8.65. The van der Waals surface area contributed by atoms with Crippen molar-refractivity contribution >= 4 is 5.91 Å². The van der Waals surface area contributed by atoms with Gasteiger partial charge < -0.3 is 24.2 Å². The number of carbonyl (C=O) groups excluding carboxylic acids is 1. The number of morpholine rings is 1. The van der Waals surface area contributed by atoms with Crippen LogP contribution in [0.2, 0.25) is 0 Å². The molecule has 1 aromatic carbocycles. The van der Waals surface area contributed by atoms with Gasteiger partial charge in [-0.15, -0.1) is 0 Å². The standard InChI is InChI=1S/C18H26N2O5/c1-23-15-2-4-16(5-3-15)25-12-17(21)20-7-6-18(22,14-20)13-19-8-10-24-11-9-19/h2-5,22H,6-14H2,1H3/t18-/m0/s1. The lowest BCUT2D eigenvalue weighted by Crippen LogP contribution is -2.49. The summed E-state index contributed by atoms with van der Waals surface area (Å²) in [6.45, 7) is 4.54. The van der Waals surface area contributed by atoms with Crippen LogP contribution in [0.5, 0.6) is 11.5 Å². The molecule has 1 amide bonds. The molecule has 0 aromatic heterocycles. The smallest absolute Gasteiger partial charge is 0.260 e. The highest BCUT2D eigenvalue weighted by molar-refractivity contribution is 5.78. The van der Waals surface area contributed by atoms with Crippen molar-refractivity contribution in [3.05, 3.63) is 24.3 Å². The summed E-state index contributed by atoms with van der Waals surface area (Å²) < 4.78 is 16.0. The number of benzene rings is 1. The fourth-order valence-electron chi connectivity index (χ4n) is 3.28. The number of nitrogens with zero attached hydrogens (tertiary/aromatic N) is 2. The Morgan fingerprint density at radius 1 is 1.20 bits per heavy atom. The zero-order valence-corrected chi connectivity index (χ0v) is 14.6. The minimum Gasteiger partial charge on any atom is -0.497 e. The summed E-state index contributed by atoms with van der Waals surface area (Å²) in [6.07, 6.45) is 0.596. The molecule has 3 rings (SSSR count). The van der Waals surface area contributed by atoms with Gasteiger partial charge in [0.1, 0.15) is 11.5 Å². The second-order valence-electron chi connectivity index (χ2n) is 6.64. The third-order valence-electron chi connectivity index (χ3n) is 4.73. The summed E-state index contributed by atoms with van der Waals surface area (Å²) in [4.78, 5) is 16.2. The van der Waals surface area contributed by atoms with Crippen LogP contribution in [0.1, 0.15) is 6.42 Å². The topological polar surface area (TPSA) is 71.5 Å². The third-order valence-corrected chi connectivity index (χ3v) is 4.73. The first-order valence-electron chi connectivity index (χ1n) is 8.65. The second-order valence-corrected chi connectivity index (χ2v) is 6.64. The number of methoxy groups -OCH3 is 1. The van der Waals surface area contributed by atoms with Gasteiger partial charge in [0.2, 0.25) is 0 Å². The number of β-amino-alcohol motifs (C(OH)–C–C–N with tert-alkyl or cyclic N) is 1. The van der Waals surface area contributed by atoms with Gasteiger partial charge in [0.25, 0.3) is 5.91 Å². The van der Waals surface area contributed by atoms with Crippen LogP contribution in [0.15, 0.2) is 24.3 Å². The summed E-state index contributed by atoms with van der Waals surface area (Å²) >= 11 is 0. The van der Waals surface area contributed by atoms with E-state index in [2.05, 4.69) is 4.90 Å². The molecular formula is C18H26N2O5. The Labute approximate surface area is 148 Å². The van der Waals surface area contributed by atoms with Crippen LogP contribution in [-0.2, 0) is 9.53 Å². The molecule has 1 atom stereocenters. The SMILES string of the molecule is COc1ccc(OCC(=O)N2CC[C@](O)(CN3CCOCC3)C2)cc1. The summed E-state index contributed by atoms with van der Waals surface area (Å²) in [5.74, 6) is 1.26. The Morgan fingerprint density at radius 2 is 1.88 bits per heavy atom. The highest BCUT2D eigenvalue weighted by Gasteiger charge is 2.39. The first-order chi connectivity index (χ1) is 12.1. The fraction of sp³-hybridized carbons (Fsp3) is 0.611. The van der Waals surface area contributed by atoms with Crippen molar-refractivity contribution in [3.63, 3.8) is 0 Å². The van der Waals surface area contributed by atoms with Gasteiger partial charge in [-0.2, -0.15) is 0 Å². The van der Waals surface area contributed by atoms with Crippen molar-refractivity contribution in [1.82, 2.24) is 9.80 Å². The highest BCUT2D eigenvalue weighted by atomic mass is 16.5. The normalized spacial score (nSPS) is 24.3. The Morgan fingerprint density at radius 3 is 2.56 bits per heavy atom. The molecule has 138 valence electrons. The number of aliphatic hydroxyl groups is 1. The maximum atomic E-state index is 12.4. The number of likely N-dealkylation sites (tertiary alicyclic amines) is 1. The predicted octanol–water partition coefficient (Wildman–Crippen LogP) is 0.370. The van der Waals surface area contributed by atoms with Gasteiger partial charge in [-0.3, -0.25) is 9.69 Å². The zero-order chi connectivity index (χ0) is 17.7. The van der Waals surface area contributed by atoms with Crippen LogP contribution in [0.25, 0.3) is 0 Å². The number of amides is 1. The van der Waals surface area contributed by atoms with Crippen molar-refractivity contribution in [3.8, 4) is 11.5 Å². The predicted molar refractivity (Wildman–Crippen MR) is 91.9 cm³/mol. The van der Waals surface area contributed by atoms with Gasteiger partial charge in [-0.1, -0.05) is 0 Å². The monoisotopic (exact) mass is 350 g/mol. The lowest BCUT2D eigenvalue weighted by molar-refractivity contribution is -0.133. The summed E-state index contributed by atoms with van der Waals surface area (Å²) in [6, 6.07) is 7.11. The van der Waals surface area contributed by atoms with Gasteiger partial charge >= 0.3 is 0 Å². The Balaban J connectivity index is 1.46. The molecule has 25 heavy (non-hydrogen) atoms. The quantitative estimate of drug-likeness (QED) is 0.799. The molecule has 0 bridgehead atoms. The highest BCUT2D eigenvalue weighted by Crippen LogP contribution is 2.23. The number of rotatable bonds is 6. The maximum absolute atomic E-state index is 12.4. The van der Waals surface area contributed by atoms with E-state index in [0.29, 0.717) is 45.0 Å². The molecule has 2 heterocycles. The van der Waals surface area contributed by atoms with E-state index >= 15 is 0 Å².